The van der Waals surface area contributed by atoms with Gasteiger partial charge in [0.2, 0.25) is 0 Å². The number of nitrogens with zero attached hydrogens (tertiary/aromatic N) is 1. The smallest absolute Gasteiger partial charge is 0.254 e. The number of amides is 1. The van der Waals surface area contributed by atoms with Crippen molar-refractivity contribution in [1.82, 2.24) is 10.2 Å². The van der Waals surface area contributed by atoms with E-state index in [2.05, 4.69) is 5.32 Å². The summed E-state index contributed by atoms with van der Waals surface area (Å²) in [6.45, 7) is 5.96. The lowest BCUT2D eigenvalue weighted by Gasteiger charge is -2.39. The number of hydrogen-bond donors (Lipinski definition) is 1. The van der Waals surface area contributed by atoms with Gasteiger partial charge in [0.05, 0.1) is 6.10 Å². The molecule has 0 aromatic heterocycles. The highest BCUT2D eigenvalue weighted by Gasteiger charge is 2.42. The summed E-state index contributed by atoms with van der Waals surface area (Å²) in [5.74, 6) is 0.134. The summed E-state index contributed by atoms with van der Waals surface area (Å²) in [5.41, 5.74) is -0.625. The molecule has 110 valence electrons. The van der Waals surface area contributed by atoms with Gasteiger partial charge < -0.3 is 19.7 Å². The van der Waals surface area contributed by atoms with Gasteiger partial charge in [-0.15, -0.1) is 0 Å². The van der Waals surface area contributed by atoms with Gasteiger partial charge in [0.1, 0.15) is 5.60 Å². The number of piperidine rings is 1. The van der Waals surface area contributed by atoms with Crippen LogP contribution in [0.2, 0.25) is 0 Å². The Kier molecular flexibility index (Phi) is 5.19. The summed E-state index contributed by atoms with van der Waals surface area (Å²) in [6, 6.07) is 0. The van der Waals surface area contributed by atoms with Crippen LogP contribution in [0, 0.1) is 0 Å². The van der Waals surface area contributed by atoms with E-state index >= 15 is 0 Å². The van der Waals surface area contributed by atoms with E-state index in [1.54, 1.807) is 7.11 Å². The number of rotatable bonds is 5. The lowest BCUT2D eigenvalue weighted by Crippen LogP contribution is -2.56. The molecular weight excluding hydrogens is 244 g/mol. The SMILES string of the molecule is CCN(CC1CCCO1)C(=O)C1(OC)CCNCC1. The Morgan fingerprint density at radius 2 is 2.21 bits per heavy atom. The molecule has 5 heteroatoms. The molecule has 2 aliphatic heterocycles. The fraction of sp³-hybridized carbons (Fsp3) is 0.929. The van der Waals surface area contributed by atoms with E-state index in [1.807, 2.05) is 11.8 Å². The molecule has 2 aliphatic rings. The van der Waals surface area contributed by atoms with Crippen molar-refractivity contribution in [3.8, 4) is 0 Å². The zero-order valence-corrected chi connectivity index (χ0v) is 12.1. The van der Waals surface area contributed by atoms with Gasteiger partial charge in [0.25, 0.3) is 5.91 Å². The van der Waals surface area contributed by atoms with Crippen molar-refractivity contribution in [3.63, 3.8) is 0 Å². The largest absolute Gasteiger partial charge is 0.376 e. The van der Waals surface area contributed by atoms with Crippen LogP contribution in [0.1, 0.15) is 32.6 Å². The van der Waals surface area contributed by atoms with Crippen LogP contribution >= 0.6 is 0 Å². The van der Waals surface area contributed by atoms with Crippen LogP contribution in [-0.2, 0) is 14.3 Å². The van der Waals surface area contributed by atoms with Crippen molar-refractivity contribution in [1.29, 1.82) is 0 Å². The second kappa shape index (κ2) is 6.68. The lowest BCUT2D eigenvalue weighted by atomic mass is 9.90. The zero-order valence-electron chi connectivity index (χ0n) is 12.1. The maximum atomic E-state index is 12.8. The normalized spacial score (nSPS) is 26.3. The van der Waals surface area contributed by atoms with Gasteiger partial charge in [-0.1, -0.05) is 0 Å². The number of carbonyl (C=O) groups excluding carboxylic acids is 1. The van der Waals surface area contributed by atoms with Crippen LogP contribution in [0.4, 0.5) is 0 Å². The first-order valence-corrected chi connectivity index (χ1v) is 7.38. The number of carbonyl (C=O) groups is 1. The van der Waals surface area contributed by atoms with Gasteiger partial charge in [-0.3, -0.25) is 4.79 Å². The fourth-order valence-electron chi connectivity index (χ4n) is 3.01. The minimum atomic E-state index is -0.625. The Morgan fingerprint density at radius 1 is 1.47 bits per heavy atom. The molecule has 0 radical (unpaired) electrons. The molecule has 0 aliphatic carbocycles. The molecule has 19 heavy (non-hydrogen) atoms. The Bertz CT molecular complexity index is 297. The second-order valence-electron chi connectivity index (χ2n) is 5.43. The van der Waals surface area contributed by atoms with Crippen LogP contribution in [0.5, 0.6) is 0 Å². The van der Waals surface area contributed by atoms with Gasteiger partial charge in [0, 0.05) is 26.8 Å². The van der Waals surface area contributed by atoms with Crippen LogP contribution in [0.15, 0.2) is 0 Å². The van der Waals surface area contributed by atoms with E-state index in [9.17, 15) is 4.79 Å². The number of ether oxygens (including phenoxy) is 2. The average molecular weight is 270 g/mol. The Labute approximate surface area is 115 Å². The molecule has 0 aromatic carbocycles. The molecule has 0 saturated carbocycles. The van der Waals surface area contributed by atoms with E-state index in [0.29, 0.717) is 6.54 Å². The highest BCUT2D eigenvalue weighted by atomic mass is 16.5. The van der Waals surface area contributed by atoms with E-state index < -0.39 is 5.60 Å². The summed E-state index contributed by atoms with van der Waals surface area (Å²) >= 11 is 0. The predicted octanol–water partition coefficient (Wildman–Crippen LogP) is 0.783. The van der Waals surface area contributed by atoms with Gasteiger partial charge in [0.15, 0.2) is 0 Å². The molecule has 2 saturated heterocycles. The first kappa shape index (κ1) is 14.8. The number of hydrogen-bond acceptors (Lipinski definition) is 4. The first-order valence-electron chi connectivity index (χ1n) is 7.38. The van der Waals surface area contributed by atoms with Crippen LogP contribution in [0.3, 0.4) is 0 Å². The molecular formula is C14H26N2O3. The molecule has 0 bridgehead atoms. The molecule has 5 nitrogen and oxygen atoms in total. The molecule has 1 amide bonds. The molecule has 0 aromatic rings. The summed E-state index contributed by atoms with van der Waals surface area (Å²) < 4.78 is 11.3. The number of methoxy groups -OCH3 is 1. The topological polar surface area (TPSA) is 50.8 Å². The van der Waals surface area contributed by atoms with E-state index in [4.69, 9.17) is 9.47 Å². The summed E-state index contributed by atoms with van der Waals surface area (Å²) in [7, 11) is 1.66. The highest BCUT2D eigenvalue weighted by molar-refractivity contribution is 5.85. The van der Waals surface area contributed by atoms with Crippen molar-refractivity contribution in [2.45, 2.75) is 44.3 Å². The summed E-state index contributed by atoms with van der Waals surface area (Å²) in [6.07, 6.45) is 3.88. The van der Waals surface area contributed by atoms with Crippen LogP contribution < -0.4 is 5.32 Å². The fourth-order valence-corrected chi connectivity index (χ4v) is 3.01. The molecule has 1 atom stereocenters. The molecule has 2 heterocycles. The van der Waals surface area contributed by atoms with Crippen molar-refractivity contribution < 1.29 is 14.3 Å². The van der Waals surface area contributed by atoms with Crippen molar-refractivity contribution in [3.05, 3.63) is 0 Å². The molecule has 0 spiro atoms. The van der Waals surface area contributed by atoms with Crippen LogP contribution in [0.25, 0.3) is 0 Å². The zero-order chi connectivity index (χ0) is 13.7. The number of likely N-dealkylation sites (N-methyl/N-ethyl adjacent to an activating group) is 1. The third-order valence-electron chi connectivity index (χ3n) is 4.31. The van der Waals surface area contributed by atoms with Crippen LogP contribution in [-0.4, -0.2) is 62.4 Å². The Hall–Kier alpha value is -0.650. The standard InChI is InChI=1S/C14H26N2O3/c1-3-16(11-12-5-4-10-19-12)13(17)14(18-2)6-8-15-9-7-14/h12,15H,3-11H2,1-2H3. The average Bonchev–Trinajstić information content (AvgIpc) is 2.97. The number of nitrogens with one attached hydrogen (secondary N) is 1. The second-order valence-corrected chi connectivity index (χ2v) is 5.43. The molecule has 1 N–H and O–H groups in total. The predicted molar refractivity (Wildman–Crippen MR) is 73.1 cm³/mol. The lowest BCUT2D eigenvalue weighted by molar-refractivity contribution is -0.159. The van der Waals surface area contributed by atoms with E-state index in [0.717, 1.165) is 51.9 Å². The van der Waals surface area contributed by atoms with Crippen molar-refractivity contribution >= 4 is 5.91 Å². The van der Waals surface area contributed by atoms with E-state index in [1.165, 1.54) is 0 Å². The third-order valence-corrected chi connectivity index (χ3v) is 4.31. The summed E-state index contributed by atoms with van der Waals surface area (Å²) in [5, 5.41) is 3.28. The minimum absolute atomic E-state index is 0.134. The van der Waals surface area contributed by atoms with Crippen molar-refractivity contribution in [2.24, 2.45) is 0 Å². The highest BCUT2D eigenvalue weighted by Crippen LogP contribution is 2.26. The van der Waals surface area contributed by atoms with Gasteiger partial charge in [-0.05, 0) is 45.7 Å². The van der Waals surface area contributed by atoms with Gasteiger partial charge >= 0.3 is 0 Å². The minimum Gasteiger partial charge on any atom is -0.376 e. The Balaban J connectivity index is 2.00. The monoisotopic (exact) mass is 270 g/mol. The summed E-state index contributed by atoms with van der Waals surface area (Å²) in [4.78, 5) is 14.7. The maximum absolute atomic E-state index is 12.8. The maximum Gasteiger partial charge on any atom is 0.254 e. The molecule has 2 fully saturated rings. The Morgan fingerprint density at radius 3 is 2.74 bits per heavy atom. The first-order chi connectivity index (χ1) is 9.22. The van der Waals surface area contributed by atoms with Gasteiger partial charge in [-0.25, -0.2) is 0 Å². The third kappa shape index (κ3) is 3.27. The van der Waals surface area contributed by atoms with Crippen molar-refractivity contribution in [2.75, 3.05) is 39.9 Å². The molecule has 1 unspecified atom stereocenters. The quantitative estimate of drug-likeness (QED) is 0.802. The molecule has 2 rings (SSSR count). The van der Waals surface area contributed by atoms with E-state index in [-0.39, 0.29) is 12.0 Å². The van der Waals surface area contributed by atoms with Gasteiger partial charge in [-0.2, -0.15) is 0 Å².